The molecule has 1 aromatic heterocycles. The van der Waals surface area contributed by atoms with Crippen molar-refractivity contribution in [3.63, 3.8) is 0 Å². The van der Waals surface area contributed by atoms with Crippen molar-refractivity contribution >= 4 is 28.5 Å². The number of benzene rings is 2. The minimum atomic E-state index is -1.15. The van der Waals surface area contributed by atoms with Gasteiger partial charge >= 0.3 is 0 Å². The number of halogens is 1. The number of amides is 1. The van der Waals surface area contributed by atoms with Crippen molar-refractivity contribution in [1.82, 2.24) is 15.3 Å². The monoisotopic (exact) mass is 405 g/mol. The van der Waals surface area contributed by atoms with E-state index >= 15 is 0 Å². The van der Waals surface area contributed by atoms with E-state index in [1.807, 2.05) is 36.4 Å². The summed E-state index contributed by atoms with van der Waals surface area (Å²) in [6.45, 7) is 0. The summed E-state index contributed by atoms with van der Waals surface area (Å²) in [6.07, 6.45) is 3.98. The van der Waals surface area contributed by atoms with Gasteiger partial charge in [0.25, 0.3) is 5.91 Å². The van der Waals surface area contributed by atoms with E-state index in [0.29, 0.717) is 23.4 Å². The maximum Gasteiger partial charge on any atom is 0.271 e. The average molecular weight is 406 g/mol. The number of carbonyl (C=O) groups excluding carboxylic acids is 1. The zero-order chi connectivity index (χ0) is 20.3. The number of para-hydroxylation sites is 2. The van der Waals surface area contributed by atoms with Crippen molar-refractivity contribution < 1.29 is 9.90 Å². The van der Waals surface area contributed by atoms with Gasteiger partial charge < -0.3 is 10.4 Å². The second kappa shape index (κ2) is 8.20. The van der Waals surface area contributed by atoms with E-state index in [0.717, 1.165) is 23.9 Å². The highest BCUT2D eigenvalue weighted by atomic mass is 35.5. The SMILES string of the molecule is O=C(N[C@H]1CCC[C@@](O)(C#Cc2cccc(Cl)c2)C1)c1cnc2ccccc2n1. The van der Waals surface area contributed by atoms with Crippen molar-refractivity contribution in [3.8, 4) is 11.8 Å². The molecule has 1 saturated carbocycles. The van der Waals surface area contributed by atoms with Crippen molar-refractivity contribution in [2.24, 2.45) is 0 Å². The Labute approximate surface area is 174 Å². The third-order valence-corrected chi connectivity index (χ3v) is 5.24. The smallest absolute Gasteiger partial charge is 0.271 e. The van der Waals surface area contributed by atoms with Crippen LogP contribution in [0.4, 0.5) is 0 Å². The van der Waals surface area contributed by atoms with Gasteiger partial charge in [-0.1, -0.05) is 41.6 Å². The van der Waals surface area contributed by atoms with Crippen molar-refractivity contribution in [1.29, 1.82) is 0 Å². The van der Waals surface area contributed by atoms with Gasteiger partial charge in [0.15, 0.2) is 0 Å². The lowest BCUT2D eigenvalue weighted by Gasteiger charge is -2.33. The first-order chi connectivity index (χ1) is 14.0. The second-order valence-electron chi connectivity index (χ2n) is 7.30. The van der Waals surface area contributed by atoms with Crippen LogP contribution >= 0.6 is 11.6 Å². The molecule has 4 rings (SSSR count). The van der Waals surface area contributed by atoms with Crippen LogP contribution in [0.1, 0.15) is 41.7 Å². The van der Waals surface area contributed by atoms with Crippen molar-refractivity contribution in [2.75, 3.05) is 0 Å². The number of rotatable bonds is 2. The minimum Gasteiger partial charge on any atom is -0.378 e. The molecular weight excluding hydrogens is 386 g/mol. The van der Waals surface area contributed by atoms with E-state index in [9.17, 15) is 9.90 Å². The van der Waals surface area contributed by atoms with Gasteiger partial charge in [-0.2, -0.15) is 0 Å². The summed E-state index contributed by atoms with van der Waals surface area (Å²) >= 11 is 5.99. The first-order valence-corrected chi connectivity index (χ1v) is 9.92. The molecule has 6 heteroatoms. The topological polar surface area (TPSA) is 75.1 Å². The summed E-state index contributed by atoms with van der Waals surface area (Å²) in [4.78, 5) is 21.3. The first-order valence-electron chi connectivity index (χ1n) is 9.55. The molecule has 2 aromatic carbocycles. The molecule has 2 atom stereocenters. The van der Waals surface area contributed by atoms with Crippen molar-refractivity contribution in [2.45, 2.75) is 37.3 Å². The number of nitrogens with zero attached hydrogens (tertiary/aromatic N) is 2. The molecule has 5 nitrogen and oxygen atoms in total. The van der Waals surface area contributed by atoms with Crippen LogP contribution in [0.2, 0.25) is 5.02 Å². The Hall–Kier alpha value is -2.94. The summed E-state index contributed by atoms with van der Waals surface area (Å²) < 4.78 is 0. The fraction of sp³-hybridized carbons (Fsp3) is 0.261. The molecule has 0 aliphatic heterocycles. The maximum atomic E-state index is 12.6. The Morgan fingerprint density at radius 1 is 1.21 bits per heavy atom. The zero-order valence-electron chi connectivity index (χ0n) is 15.7. The minimum absolute atomic E-state index is 0.178. The molecule has 1 heterocycles. The van der Waals surface area contributed by atoms with Crippen LogP contribution in [0.15, 0.2) is 54.7 Å². The average Bonchev–Trinajstić information content (AvgIpc) is 2.72. The molecule has 146 valence electrons. The highest BCUT2D eigenvalue weighted by Gasteiger charge is 2.33. The summed E-state index contributed by atoms with van der Waals surface area (Å²) in [5.41, 5.74) is 1.29. The predicted octanol–water partition coefficient (Wildman–Crippen LogP) is 3.74. The van der Waals surface area contributed by atoms with Gasteiger partial charge in [-0.05, 0) is 49.6 Å². The van der Waals surface area contributed by atoms with Crippen LogP contribution in [0.3, 0.4) is 0 Å². The number of aliphatic hydroxyl groups is 1. The third kappa shape index (κ3) is 4.73. The van der Waals surface area contributed by atoms with Crippen molar-refractivity contribution in [3.05, 3.63) is 71.0 Å². The van der Waals surface area contributed by atoms with E-state index in [1.165, 1.54) is 6.20 Å². The molecule has 1 amide bonds. The molecule has 0 radical (unpaired) electrons. The lowest BCUT2D eigenvalue weighted by molar-refractivity contribution is 0.0451. The Balaban J connectivity index is 1.45. The first kappa shape index (κ1) is 19.4. The van der Waals surface area contributed by atoms with Gasteiger partial charge in [-0.3, -0.25) is 9.78 Å². The van der Waals surface area contributed by atoms with Crippen LogP contribution < -0.4 is 5.32 Å². The standard InChI is InChI=1S/C23H20ClN3O2/c24-17-6-3-5-16(13-17)10-12-23(29)11-4-7-18(14-23)26-22(28)21-15-25-19-8-1-2-9-20(19)27-21/h1-3,5-6,8-9,13,15,18,29H,4,7,11,14H2,(H,26,28)/t18-,23+/m0/s1. The Morgan fingerprint density at radius 2 is 2.03 bits per heavy atom. The Bertz CT molecular complexity index is 1120. The third-order valence-electron chi connectivity index (χ3n) is 5.01. The van der Waals surface area contributed by atoms with Gasteiger partial charge in [-0.25, -0.2) is 4.98 Å². The molecule has 0 spiro atoms. The van der Waals surface area contributed by atoms with E-state index in [-0.39, 0.29) is 17.6 Å². The van der Waals surface area contributed by atoms with E-state index < -0.39 is 5.60 Å². The van der Waals surface area contributed by atoms with E-state index in [4.69, 9.17) is 11.6 Å². The van der Waals surface area contributed by atoms with Crippen LogP contribution in [0.5, 0.6) is 0 Å². The van der Waals surface area contributed by atoms with Gasteiger partial charge in [0.1, 0.15) is 11.3 Å². The lowest BCUT2D eigenvalue weighted by atomic mass is 9.82. The molecule has 0 bridgehead atoms. The molecular formula is C23H20ClN3O2. The highest BCUT2D eigenvalue weighted by Crippen LogP contribution is 2.28. The molecule has 0 saturated heterocycles. The van der Waals surface area contributed by atoms with E-state index in [1.54, 1.807) is 12.1 Å². The molecule has 29 heavy (non-hydrogen) atoms. The van der Waals surface area contributed by atoms with E-state index in [2.05, 4.69) is 27.1 Å². The largest absolute Gasteiger partial charge is 0.378 e. The number of nitrogens with one attached hydrogen (secondary N) is 1. The van der Waals surface area contributed by atoms with Crippen LogP contribution in [0.25, 0.3) is 11.0 Å². The van der Waals surface area contributed by atoms with Gasteiger partial charge in [-0.15, -0.1) is 0 Å². The lowest BCUT2D eigenvalue weighted by Crippen LogP contribution is -2.45. The maximum absolute atomic E-state index is 12.6. The van der Waals surface area contributed by atoms with Crippen LogP contribution in [-0.2, 0) is 0 Å². The molecule has 3 aromatic rings. The molecule has 1 fully saturated rings. The van der Waals surface area contributed by atoms with Gasteiger partial charge in [0.2, 0.25) is 0 Å². The molecule has 0 unspecified atom stereocenters. The number of aromatic nitrogens is 2. The molecule has 1 aliphatic carbocycles. The van der Waals surface area contributed by atoms with Crippen LogP contribution in [0, 0.1) is 11.8 Å². The van der Waals surface area contributed by atoms with Gasteiger partial charge in [0, 0.05) is 23.0 Å². The molecule has 1 aliphatic rings. The van der Waals surface area contributed by atoms with Crippen LogP contribution in [-0.4, -0.2) is 32.6 Å². The Morgan fingerprint density at radius 3 is 2.86 bits per heavy atom. The summed E-state index contributed by atoms with van der Waals surface area (Å²) in [7, 11) is 0. The normalized spacial score (nSPS) is 21.2. The molecule has 2 N–H and O–H groups in total. The summed E-state index contributed by atoms with van der Waals surface area (Å²) in [6, 6.07) is 14.5. The number of hydrogen-bond acceptors (Lipinski definition) is 4. The quantitative estimate of drug-likeness (QED) is 0.637. The van der Waals surface area contributed by atoms with Gasteiger partial charge in [0.05, 0.1) is 17.2 Å². The fourth-order valence-corrected chi connectivity index (χ4v) is 3.76. The predicted molar refractivity (Wildman–Crippen MR) is 113 cm³/mol. The number of fused-ring (bicyclic) bond motifs is 1. The Kier molecular flexibility index (Phi) is 5.48. The zero-order valence-corrected chi connectivity index (χ0v) is 16.5. The number of carbonyl (C=O) groups is 1. The number of hydrogen-bond donors (Lipinski definition) is 2. The second-order valence-corrected chi connectivity index (χ2v) is 7.74. The summed E-state index contributed by atoms with van der Waals surface area (Å²) in [5.74, 6) is 5.69. The fourth-order valence-electron chi connectivity index (χ4n) is 3.57. The summed E-state index contributed by atoms with van der Waals surface area (Å²) in [5, 5.41) is 14.5. The highest BCUT2D eigenvalue weighted by molar-refractivity contribution is 6.30.